The highest BCUT2D eigenvalue weighted by atomic mass is 35.5. The standard InChI is InChI=1S/C12H24N2O.ClH/c1-3-14(4-2)12(15)9-10-7-5-6-8-11(10)13;/h10-11H,3-9,13H2,1-2H3;1H. The average molecular weight is 249 g/mol. The minimum Gasteiger partial charge on any atom is -0.343 e. The Bertz CT molecular complexity index is 207. The lowest BCUT2D eigenvalue weighted by Crippen LogP contribution is -2.38. The fraction of sp³-hybridized carbons (Fsp3) is 0.917. The summed E-state index contributed by atoms with van der Waals surface area (Å²) in [5.74, 6) is 0.703. The van der Waals surface area contributed by atoms with Crippen LogP contribution in [0.1, 0.15) is 46.0 Å². The van der Waals surface area contributed by atoms with Crippen molar-refractivity contribution in [1.82, 2.24) is 4.90 Å². The van der Waals surface area contributed by atoms with Gasteiger partial charge in [-0.05, 0) is 32.6 Å². The molecule has 0 aromatic rings. The summed E-state index contributed by atoms with van der Waals surface area (Å²) in [5.41, 5.74) is 6.04. The van der Waals surface area contributed by atoms with Crippen molar-refractivity contribution in [3.8, 4) is 0 Å². The highest BCUT2D eigenvalue weighted by Gasteiger charge is 2.25. The zero-order valence-corrected chi connectivity index (χ0v) is 11.3. The van der Waals surface area contributed by atoms with Crippen molar-refractivity contribution >= 4 is 18.3 Å². The molecule has 0 aromatic heterocycles. The molecule has 1 rings (SSSR count). The van der Waals surface area contributed by atoms with Gasteiger partial charge in [0.05, 0.1) is 0 Å². The predicted molar refractivity (Wildman–Crippen MR) is 69.7 cm³/mol. The Morgan fingerprint density at radius 1 is 1.25 bits per heavy atom. The third kappa shape index (κ3) is 4.30. The van der Waals surface area contributed by atoms with Gasteiger partial charge in [-0.1, -0.05) is 12.8 Å². The summed E-state index contributed by atoms with van der Waals surface area (Å²) in [6.07, 6.45) is 5.36. The second-order valence-corrected chi connectivity index (χ2v) is 4.48. The van der Waals surface area contributed by atoms with Crippen molar-refractivity contribution in [2.75, 3.05) is 13.1 Å². The van der Waals surface area contributed by atoms with Gasteiger partial charge in [-0.25, -0.2) is 0 Å². The number of carbonyl (C=O) groups is 1. The number of hydrogen-bond donors (Lipinski definition) is 1. The molecule has 2 atom stereocenters. The minimum absolute atomic E-state index is 0. The van der Waals surface area contributed by atoms with E-state index in [9.17, 15) is 4.79 Å². The van der Waals surface area contributed by atoms with Crippen molar-refractivity contribution in [3.63, 3.8) is 0 Å². The van der Waals surface area contributed by atoms with Crippen molar-refractivity contribution in [1.29, 1.82) is 0 Å². The summed E-state index contributed by atoms with van der Waals surface area (Å²) in [6, 6.07) is 0.248. The molecule has 0 spiro atoms. The van der Waals surface area contributed by atoms with Crippen LogP contribution in [0.25, 0.3) is 0 Å². The van der Waals surface area contributed by atoms with Gasteiger partial charge in [0.2, 0.25) is 5.91 Å². The Labute approximate surface area is 105 Å². The normalized spacial score (nSPS) is 24.7. The first-order chi connectivity index (χ1) is 7.19. The Hall–Kier alpha value is -0.280. The molecule has 3 nitrogen and oxygen atoms in total. The summed E-state index contributed by atoms with van der Waals surface area (Å²) in [7, 11) is 0. The smallest absolute Gasteiger partial charge is 0.222 e. The largest absolute Gasteiger partial charge is 0.343 e. The highest BCUT2D eigenvalue weighted by molar-refractivity contribution is 5.85. The van der Waals surface area contributed by atoms with Crippen LogP contribution in [0.2, 0.25) is 0 Å². The van der Waals surface area contributed by atoms with Crippen LogP contribution in [0.3, 0.4) is 0 Å². The Balaban J connectivity index is 0.00000225. The lowest BCUT2D eigenvalue weighted by Gasteiger charge is -2.30. The molecular weight excluding hydrogens is 224 g/mol. The van der Waals surface area contributed by atoms with Crippen LogP contribution in [0.4, 0.5) is 0 Å². The summed E-state index contributed by atoms with van der Waals surface area (Å²) in [4.78, 5) is 13.8. The molecular formula is C12H25ClN2O. The van der Waals surface area contributed by atoms with Crippen LogP contribution in [0, 0.1) is 5.92 Å². The molecule has 1 fully saturated rings. The summed E-state index contributed by atoms with van der Waals surface area (Å²) >= 11 is 0. The number of halogens is 1. The lowest BCUT2D eigenvalue weighted by molar-refractivity contribution is -0.132. The maximum absolute atomic E-state index is 11.9. The topological polar surface area (TPSA) is 46.3 Å². The van der Waals surface area contributed by atoms with Crippen LogP contribution in [0.5, 0.6) is 0 Å². The van der Waals surface area contributed by atoms with E-state index < -0.39 is 0 Å². The third-order valence-corrected chi connectivity index (χ3v) is 3.52. The number of hydrogen-bond acceptors (Lipinski definition) is 2. The van der Waals surface area contributed by atoms with Gasteiger partial charge in [0.15, 0.2) is 0 Å². The van der Waals surface area contributed by atoms with E-state index in [-0.39, 0.29) is 24.4 Å². The molecule has 0 heterocycles. The molecule has 1 aliphatic rings. The fourth-order valence-electron chi connectivity index (χ4n) is 2.42. The van der Waals surface area contributed by atoms with Crippen LogP contribution in [-0.2, 0) is 4.79 Å². The van der Waals surface area contributed by atoms with E-state index in [1.165, 1.54) is 12.8 Å². The van der Waals surface area contributed by atoms with E-state index in [0.29, 0.717) is 12.3 Å². The van der Waals surface area contributed by atoms with Crippen LogP contribution in [-0.4, -0.2) is 29.9 Å². The zero-order chi connectivity index (χ0) is 11.3. The average Bonchev–Trinajstić information content (AvgIpc) is 2.23. The predicted octanol–water partition coefficient (Wildman–Crippen LogP) is 2.18. The highest BCUT2D eigenvalue weighted by Crippen LogP contribution is 2.26. The molecule has 96 valence electrons. The Morgan fingerprint density at radius 3 is 2.31 bits per heavy atom. The van der Waals surface area contributed by atoms with Crippen molar-refractivity contribution in [3.05, 3.63) is 0 Å². The first-order valence-corrected chi connectivity index (χ1v) is 6.22. The molecule has 1 aliphatic carbocycles. The van der Waals surface area contributed by atoms with Gasteiger partial charge in [0.1, 0.15) is 0 Å². The van der Waals surface area contributed by atoms with E-state index in [1.54, 1.807) is 0 Å². The van der Waals surface area contributed by atoms with Crippen molar-refractivity contribution in [2.45, 2.75) is 52.0 Å². The molecule has 0 radical (unpaired) electrons. The van der Waals surface area contributed by atoms with Gasteiger partial charge in [0, 0.05) is 25.6 Å². The number of rotatable bonds is 4. The minimum atomic E-state index is 0. The van der Waals surface area contributed by atoms with Gasteiger partial charge in [-0.3, -0.25) is 4.79 Å². The van der Waals surface area contributed by atoms with E-state index in [4.69, 9.17) is 5.73 Å². The summed E-state index contributed by atoms with van der Waals surface area (Å²) < 4.78 is 0. The Kier molecular flexibility index (Phi) is 7.77. The molecule has 16 heavy (non-hydrogen) atoms. The Morgan fingerprint density at radius 2 is 1.81 bits per heavy atom. The maximum atomic E-state index is 11.9. The molecule has 2 N–H and O–H groups in total. The quantitative estimate of drug-likeness (QED) is 0.829. The number of carbonyl (C=O) groups excluding carboxylic acids is 1. The van der Waals surface area contributed by atoms with Crippen LogP contribution < -0.4 is 5.73 Å². The number of nitrogens with zero attached hydrogens (tertiary/aromatic N) is 1. The van der Waals surface area contributed by atoms with Crippen LogP contribution in [0.15, 0.2) is 0 Å². The molecule has 1 amide bonds. The van der Waals surface area contributed by atoms with Gasteiger partial charge < -0.3 is 10.6 Å². The zero-order valence-electron chi connectivity index (χ0n) is 10.4. The van der Waals surface area contributed by atoms with Crippen LogP contribution >= 0.6 is 12.4 Å². The second kappa shape index (κ2) is 7.91. The molecule has 0 saturated heterocycles. The fourth-order valence-corrected chi connectivity index (χ4v) is 2.42. The van der Waals surface area contributed by atoms with E-state index in [0.717, 1.165) is 25.9 Å². The van der Waals surface area contributed by atoms with E-state index in [2.05, 4.69) is 0 Å². The van der Waals surface area contributed by atoms with E-state index >= 15 is 0 Å². The van der Waals surface area contributed by atoms with Gasteiger partial charge in [-0.15, -0.1) is 12.4 Å². The SMILES string of the molecule is CCN(CC)C(=O)CC1CCCCC1N.Cl. The summed E-state index contributed by atoms with van der Waals surface area (Å²) in [5, 5.41) is 0. The monoisotopic (exact) mass is 248 g/mol. The third-order valence-electron chi connectivity index (χ3n) is 3.52. The first-order valence-electron chi connectivity index (χ1n) is 6.22. The van der Waals surface area contributed by atoms with Crippen molar-refractivity contribution < 1.29 is 4.79 Å². The first kappa shape index (κ1) is 15.7. The molecule has 4 heteroatoms. The van der Waals surface area contributed by atoms with Gasteiger partial charge >= 0.3 is 0 Å². The number of amides is 1. The van der Waals surface area contributed by atoms with E-state index in [1.807, 2.05) is 18.7 Å². The molecule has 0 aromatic carbocycles. The van der Waals surface area contributed by atoms with Gasteiger partial charge in [0.25, 0.3) is 0 Å². The molecule has 1 saturated carbocycles. The molecule has 0 aliphatic heterocycles. The molecule has 2 unspecified atom stereocenters. The maximum Gasteiger partial charge on any atom is 0.222 e. The number of nitrogens with two attached hydrogens (primary N) is 1. The van der Waals surface area contributed by atoms with Crippen molar-refractivity contribution in [2.24, 2.45) is 11.7 Å². The van der Waals surface area contributed by atoms with Gasteiger partial charge in [-0.2, -0.15) is 0 Å². The lowest BCUT2D eigenvalue weighted by atomic mass is 9.83. The molecule has 0 bridgehead atoms. The second-order valence-electron chi connectivity index (χ2n) is 4.48. The summed E-state index contributed by atoms with van der Waals surface area (Å²) in [6.45, 7) is 5.69.